The van der Waals surface area contributed by atoms with Gasteiger partial charge in [-0.05, 0) is 48.6 Å². The van der Waals surface area contributed by atoms with E-state index >= 15 is 0 Å². The van der Waals surface area contributed by atoms with E-state index in [2.05, 4.69) is 20.6 Å². The molecule has 1 saturated carbocycles. The number of halogens is 2. The molecule has 0 aliphatic heterocycles. The molecule has 1 fully saturated rings. The second kappa shape index (κ2) is 8.16. The van der Waals surface area contributed by atoms with Crippen LogP contribution in [-0.2, 0) is 0 Å². The zero-order chi connectivity index (χ0) is 20.4. The largest absolute Gasteiger partial charge is 0.348 e. The summed E-state index contributed by atoms with van der Waals surface area (Å²) in [7, 11) is 0. The van der Waals surface area contributed by atoms with Crippen molar-refractivity contribution in [3.8, 4) is 5.82 Å². The number of hydrogen-bond acceptors (Lipinski definition) is 5. The summed E-state index contributed by atoms with van der Waals surface area (Å²) >= 11 is 1.49. The molecule has 154 valence electrons. The minimum absolute atomic E-state index is 0.0244. The molecular formula is C20H23F2N5OS. The molecule has 0 atom stereocenters. The molecule has 9 heteroatoms. The van der Waals surface area contributed by atoms with Crippen molar-refractivity contribution in [2.24, 2.45) is 0 Å². The summed E-state index contributed by atoms with van der Waals surface area (Å²) in [6, 6.07) is 4.00. The average molecular weight is 420 g/mol. The van der Waals surface area contributed by atoms with E-state index in [0.717, 1.165) is 42.7 Å². The third-order valence-electron chi connectivity index (χ3n) is 5.17. The lowest BCUT2D eigenvalue weighted by molar-refractivity contribution is 0.0184. The predicted molar refractivity (Wildman–Crippen MR) is 109 cm³/mol. The van der Waals surface area contributed by atoms with Gasteiger partial charge in [0.05, 0.1) is 11.2 Å². The van der Waals surface area contributed by atoms with Crippen molar-refractivity contribution >= 4 is 27.3 Å². The monoisotopic (exact) mass is 419 g/mol. The van der Waals surface area contributed by atoms with Crippen LogP contribution in [-0.4, -0.2) is 45.0 Å². The maximum Gasteiger partial charge on any atom is 0.271 e. The van der Waals surface area contributed by atoms with Crippen LogP contribution in [0.25, 0.3) is 15.9 Å². The number of thiophene rings is 1. The van der Waals surface area contributed by atoms with Crippen LogP contribution >= 0.6 is 11.3 Å². The molecule has 1 aliphatic rings. The van der Waals surface area contributed by atoms with Gasteiger partial charge in [0, 0.05) is 31.4 Å². The van der Waals surface area contributed by atoms with Gasteiger partial charge >= 0.3 is 0 Å². The smallest absolute Gasteiger partial charge is 0.271 e. The molecular weight excluding hydrogens is 396 g/mol. The van der Waals surface area contributed by atoms with Crippen LogP contribution in [0.2, 0.25) is 0 Å². The van der Waals surface area contributed by atoms with Gasteiger partial charge < -0.3 is 10.6 Å². The highest BCUT2D eigenvalue weighted by molar-refractivity contribution is 7.17. The number of imidazole rings is 1. The Bertz CT molecular complexity index is 975. The maximum absolute atomic E-state index is 13.0. The van der Waals surface area contributed by atoms with E-state index in [1.165, 1.54) is 11.3 Å². The highest BCUT2D eigenvalue weighted by atomic mass is 32.1. The maximum atomic E-state index is 13.0. The third-order valence-corrected chi connectivity index (χ3v) is 6.11. The number of nitrogens with one attached hydrogen (secondary N) is 2. The van der Waals surface area contributed by atoms with Crippen LogP contribution in [0.4, 0.5) is 8.78 Å². The van der Waals surface area contributed by atoms with Crippen LogP contribution in [0.1, 0.15) is 43.1 Å². The van der Waals surface area contributed by atoms with Gasteiger partial charge in [0.2, 0.25) is 0 Å². The van der Waals surface area contributed by atoms with Gasteiger partial charge in [-0.15, -0.1) is 11.3 Å². The highest BCUT2D eigenvalue weighted by Gasteiger charge is 2.27. The summed E-state index contributed by atoms with van der Waals surface area (Å²) in [5.74, 6) is -2.26. The number of hydrogen-bond donors (Lipinski definition) is 2. The average Bonchev–Trinajstić information content (AvgIpc) is 3.37. The molecule has 1 aliphatic carbocycles. The van der Waals surface area contributed by atoms with Crippen molar-refractivity contribution in [3.05, 3.63) is 41.9 Å². The zero-order valence-electron chi connectivity index (χ0n) is 16.1. The molecule has 0 spiro atoms. The third kappa shape index (κ3) is 4.79. The Labute approximate surface area is 171 Å². The number of nitrogens with zero attached hydrogens (tertiary/aromatic N) is 3. The Hall–Kier alpha value is -2.39. The van der Waals surface area contributed by atoms with E-state index in [4.69, 9.17) is 0 Å². The summed E-state index contributed by atoms with van der Waals surface area (Å²) in [4.78, 5) is 21.6. The number of amides is 1. The number of rotatable bonds is 6. The first-order valence-electron chi connectivity index (χ1n) is 9.68. The normalized spacial score (nSPS) is 20.1. The SMILES string of the molecule is CC(F)(F)CNC1CCC(NC(=O)c2nc(-n3ccnc3)cc3ccsc23)CC1. The second-order valence-electron chi connectivity index (χ2n) is 7.61. The Kier molecular flexibility index (Phi) is 5.60. The molecule has 0 aromatic carbocycles. The van der Waals surface area contributed by atoms with Gasteiger partial charge in [-0.25, -0.2) is 18.7 Å². The Morgan fingerprint density at radius 3 is 2.76 bits per heavy atom. The van der Waals surface area contributed by atoms with Gasteiger partial charge in [0.25, 0.3) is 11.8 Å². The molecule has 0 saturated heterocycles. The lowest BCUT2D eigenvalue weighted by Gasteiger charge is -2.30. The quantitative estimate of drug-likeness (QED) is 0.638. The summed E-state index contributed by atoms with van der Waals surface area (Å²) in [5, 5.41) is 8.93. The van der Waals surface area contributed by atoms with E-state index in [1.54, 1.807) is 23.3 Å². The number of carbonyl (C=O) groups is 1. The minimum Gasteiger partial charge on any atom is -0.348 e. The van der Waals surface area contributed by atoms with Crippen LogP contribution in [0.5, 0.6) is 0 Å². The summed E-state index contributed by atoms with van der Waals surface area (Å²) < 4.78 is 28.7. The van der Waals surface area contributed by atoms with Crippen molar-refractivity contribution in [1.29, 1.82) is 0 Å². The number of carbonyl (C=O) groups excluding carboxylic acids is 1. The number of alkyl halides is 2. The Balaban J connectivity index is 1.43. The first kappa shape index (κ1) is 19.9. The van der Waals surface area contributed by atoms with Crippen molar-refractivity contribution in [1.82, 2.24) is 25.2 Å². The molecule has 3 aromatic heterocycles. The van der Waals surface area contributed by atoms with Gasteiger partial charge in [0.15, 0.2) is 0 Å². The molecule has 6 nitrogen and oxygen atoms in total. The first-order valence-corrected chi connectivity index (χ1v) is 10.6. The van der Waals surface area contributed by atoms with Crippen molar-refractivity contribution in [2.45, 2.75) is 50.6 Å². The van der Waals surface area contributed by atoms with E-state index in [0.29, 0.717) is 11.5 Å². The fraction of sp³-hybridized carbons (Fsp3) is 0.450. The Morgan fingerprint density at radius 1 is 1.31 bits per heavy atom. The molecule has 0 bridgehead atoms. The van der Waals surface area contributed by atoms with Crippen LogP contribution in [0.3, 0.4) is 0 Å². The first-order chi connectivity index (χ1) is 13.9. The molecule has 29 heavy (non-hydrogen) atoms. The molecule has 4 rings (SSSR count). The van der Waals surface area contributed by atoms with E-state index < -0.39 is 5.92 Å². The fourth-order valence-corrected chi connectivity index (χ4v) is 4.53. The topological polar surface area (TPSA) is 71.8 Å². The fourth-order valence-electron chi connectivity index (χ4n) is 3.66. The molecule has 0 radical (unpaired) electrons. The van der Waals surface area contributed by atoms with Gasteiger partial charge in [-0.2, -0.15) is 0 Å². The van der Waals surface area contributed by atoms with Crippen LogP contribution in [0.15, 0.2) is 36.2 Å². The minimum atomic E-state index is -2.71. The van der Waals surface area contributed by atoms with Crippen molar-refractivity contribution in [2.75, 3.05) is 6.54 Å². The van der Waals surface area contributed by atoms with E-state index in [-0.39, 0.29) is 24.5 Å². The van der Waals surface area contributed by atoms with Gasteiger partial charge in [-0.3, -0.25) is 9.36 Å². The number of pyridine rings is 1. The van der Waals surface area contributed by atoms with Crippen LogP contribution < -0.4 is 10.6 Å². The molecule has 3 aromatic rings. The lowest BCUT2D eigenvalue weighted by atomic mass is 9.91. The van der Waals surface area contributed by atoms with Gasteiger partial charge in [-0.1, -0.05) is 0 Å². The second-order valence-corrected chi connectivity index (χ2v) is 8.53. The number of aromatic nitrogens is 3. The van der Waals surface area contributed by atoms with Gasteiger partial charge in [0.1, 0.15) is 17.8 Å². The summed E-state index contributed by atoms with van der Waals surface area (Å²) in [5.41, 5.74) is 0.409. The summed E-state index contributed by atoms with van der Waals surface area (Å²) in [6.45, 7) is 0.609. The number of fused-ring (bicyclic) bond motifs is 1. The van der Waals surface area contributed by atoms with E-state index in [9.17, 15) is 13.6 Å². The predicted octanol–water partition coefficient (Wildman–Crippen LogP) is 3.77. The lowest BCUT2D eigenvalue weighted by Crippen LogP contribution is -2.44. The molecule has 1 amide bonds. The summed E-state index contributed by atoms with van der Waals surface area (Å²) in [6.07, 6.45) is 8.14. The van der Waals surface area contributed by atoms with E-state index in [1.807, 2.05) is 17.5 Å². The standard InChI is InChI=1S/C20H23F2N5OS/c1-20(21,22)11-24-14-2-4-15(5-3-14)25-19(28)17-18-13(6-9-29-18)10-16(26-17)27-8-7-23-12-27/h6-10,12,14-15,24H,2-5,11H2,1H3,(H,25,28). The molecule has 2 N–H and O–H groups in total. The zero-order valence-corrected chi connectivity index (χ0v) is 16.9. The Morgan fingerprint density at radius 2 is 2.07 bits per heavy atom. The molecule has 0 unspecified atom stereocenters. The highest BCUT2D eigenvalue weighted by Crippen LogP contribution is 2.27. The molecule has 3 heterocycles. The van der Waals surface area contributed by atoms with Crippen molar-refractivity contribution < 1.29 is 13.6 Å². The van der Waals surface area contributed by atoms with Crippen molar-refractivity contribution in [3.63, 3.8) is 0 Å². The van der Waals surface area contributed by atoms with Crippen LogP contribution in [0, 0.1) is 0 Å².